The van der Waals surface area contributed by atoms with Crippen LogP contribution < -0.4 is 0 Å². The van der Waals surface area contributed by atoms with Gasteiger partial charge in [-0.2, -0.15) is 0 Å². The largest absolute Gasteiger partial charge is 0.483 e. The van der Waals surface area contributed by atoms with E-state index in [9.17, 15) is 9.90 Å². The minimum Gasteiger partial charge on any atom is -0.483 e. The fraction of sp³-hybridized carbons (Fsp3) is 0.833. The van der Waals surface area contributed by atoms with Crippen molar-refractivity contribution in [3.63, 3.8) is 0 Å². The van der Waals surface area contributed by atoms with E-state index in [1.807, 2.05) is 4.90 Å². The lowest BCUT2D eigenvalue weighted by molar-refractivity contribution is -0.143. The lowest BCUT2D eigenvalue weighted by Crippen LogP contribution is -2.50. The highest BCUT2D eigenvalue weighted by Gasteiger charge is 2.44. The molecule has 0 radical (unpaired) electrons. The van der Waals surface area contributed by atoms with Crippen LogP contribution in [0.15, 0.2) is 0 Å². The van der Waals surface area contributed by atoms with Crippen LogP contribution in [-0.2, 0) is 19.1 Å². The molecule has 162 valence electrons. The van der Waals surface area contributed by atoms with Gasteiger partial charge >= 0.3 is 0 Å². The van der Waals surface area contributed by atoms with Crippen molar-refractivity contribution < 1.29 is 34.4 Å². The van der Waals surface area contributed by atoms with Crippen LogP contribution in [0.5, 0.6) is 0 Å². The molecule has 3 aliphatic heterocycles. The van der Waals surface area contributed by atoms with Gasteiger partial charge in [0.2, 0.25) is 5.91 Å². The maximum atomic E-state index is 13.0. The zero-order valence-corrected chi connectivity index (χ0v) is 16.7. The van der Waals surface area contributed by atoms with Gasteiger partial charge in [-0.3, -0.25) is 19.3 Å². The molecule has 0 bridgehead atoms. The smallest absolute Gasteiger partial charge is 0.290 e. The number of carbonyl (C=O) groups is 3. The molecule has 0 saturated carbocycles. The Morgan fingerprint density at radius 2 is 1.54 bits per heavy atom. The van der Waals surface area contributed by atoms with Crippen LogP contribution in [0.3, 0.4) is 0 Å². The van der Waals surface area contributed by atoms with Gasteiger partial charge in [0.25, 0.3) is 12.9 Å². The first-order valence-corrected chi connectivity index (χ1v) is 9.46. The molecule has 0 spiro atoms. The predicted octanol–water partition coefficient (Wildman–Crippen LogP) is -0.976. The Labute approximate surface area is 165 Å². The second-order valence-electron chi connectivity index (χ2n) is 7.57. The second kappa shape index (κ2) is 11.9. The van der Waals surface area contributed by atoms with E-state index in [2.05, 4.69) is 23.8 Å². The van der Waals surface area contributed by atoms with Crippen LogP contribution in [-0.4, -0.2) is 121 Å². The number of carboxylic acid groups (broad SMARTS) is 2. The lowest BCUT2D eigenvalue weighted by Gasteiger charge is -2.39. The van der Waals surface area contributed by atoms with Crippen molar-refractivity contribution in [2.75, 3.05) is 59.5 Å². The van der Waals surface area contributed by atoms with Crippen molar-refractivity contribution in [3.05, 3.63) is 0 Å². The number of ether oxygens (including phenoxy) is 1. The summed E-state index contributed by atoms with van der Waals surface area (Å²) in [7, 11) is 2.11. The molecule has 0 unspecified atom stereocenters. The van der Waals surface area contributed by atoms with Crippen LogP contribution in [0.4, 0.5) is 0 Å². The summed E-state index contributed by atoms with van der Waals surface area (Å²) in [6.45, 7) is 7.84. The molecule has 2 atom stereocenters. The fourth-order valence-electron chi connectivity index (χ4n) is 3.91. The summed E-state index contributed by atoms with van der Waals surface area (Å²) >= 11 is 0. The molecule has 0 aromatic heterocycles. The van der Waals surface area contributed by atoms with E-state index in [4.69, 9.17) is 24.5 Å². The van der Waals surface area contributed by atoms with Crippen molar-refractivity contribution in [2.24, 2.45) is 5.41 Å². The number of hydrogen-bond acceptors (Lipinski definition) is 7. The summed E-state index contributed by atoms with van der Waals surface area (Å²) in [5, 5.41) is 24.2. The average molecular weight is 403 g/mol. The maximum absolute atomic E-state index is 13.0. The minimum atomic E-state index is -0.433. The molecule has 28 heavy (non-hydrogen) atoms. The highest BCUT2D eigenvalue weighted by atomic mass is 16.5. The topological polar surface area (TPSA) is 131 Å². The molecule has 10 nitrogen and oxygen atoms in total. The Morgan fingerprint density at radius 3 is 2.04 bits per heavy atom. The number of carbonyl (C=O) groups excluding carboxylic acids is 1. The van der Waals surface area contributed by atoms with E-state index in [-0.39, 0.29) is 30.3 Å². The van der Waals surface area contributed by atoms with Gasteiger partial charge in [-0.1, -0.05) is 6.92 Å². The number of rotatable bonds is 2. The first-order chi connectivity index (χ1) is 13.3. The van der Waals surface area contributed by atoms with Crippen LogP contribution >= 0.6 is 0 Å². The molecule has 0 aromatic rings. The Bertz CT molecular complexity index is 486. The zero-order valence-electron chi connectivity index (χ0n) is 16.7. The van der Waals surface area contributed by atoms with Gasteiger partial charge in [-0.25, -0.2) is 0 Å². The maximum Gasteiger partial charge on any atom is 0.290 e. The van der Waals surface area contributed by atoms with Gasteiger partial charge in [0.05, 0.1) is 25.4 Å². The third-order valence-corrected chi connectivity index (χ3v) is 5.67. The van der Waals surface area contributed by atoms with E-state index < -0.39 is 6.10 Å². The van der Waals surface area contributed by atoms with Crippen molar-refractivity contribution in [1.82, 2.24) is 14.7 Å². The SMILES string of the molecule is CN1CCC(C)(C(=O)N2C[C@H](O)[C@@H](N3CCOCC3)C2)CC1.O=CO.O=CO. The molecule has 3 fully saturated rings. The summed E-state index contributed by atoms with van der Waals surface area (Å²) < 4.78 is 5.38. The van der Waals surface area contributed by atoms with E-state index in [1.165, 1.54) is 0 Å². The molecular weight excluding hydrogens is 370 g/mol. The number of β-amino-alcohol motifs (C(OH)–C–C–N with tert-alkyl or cyclic N) is 1. The first-order valence-electron chi connectivity index (χ1n) is 9.46. The number of amides is 1. The molecule has 3 heterocycles. The van der Waals surface area contributed by atoms with Crippen LogP contribution in [0.1, 0.15) is 19.8 Å². The van der Waals surface area contributed by atoms with Gasteiger partial charge in [0, 0.05) is 31.6 Å². The zero-order chi connectivity index (χ0) is 21.2. The Hall–Kier alpha value is -1.75. The van der Waals surface area contributed by atoms with E-state index in [1.54, 1.807) is 0 Å². The van der Waals surface area contributed by atoms with E-state index in [0.717, 1.165) is 52.2 Å². The summed E-state index contributed by atoms with van der Waals surface area (Å²) in [4.78, 5) is 36.1. The standard InChI is InChI=1S/C16H29N3O3.2CH2O2/c1-16(3-5-17(2)6-4-16)15(21)19-11-13(14(20)12-19)18-7-9-22-10-8-18;2*2-1-3/h13-14,20H,3-12H2,1-2H3;2*1H,(H,2,3)/t13-,14-;;/m0../s1. The lowest BCUT2D eigenvalue weighted by atomic mass is 9.79. The monoisotopic (exact) mass is 403 g/mol. The summed E-state index contributed by atoms with van der Waals surface area (Å²) in [5.74, 6) is 0.232. The van der Waals surface area contributed by atoms with Crippen molar-refractivity contribution in [3.8, 4) is 0 Å². The molecular formula is C18H33N3O7. The average Bonchev–Trinajstić information content (AvgIpc) is 3.07. The van der Waals surface area contributed by atoms with E-state index in [0.29, 0.717) is 13.1 Å². The molecule has 0 aromatic carbocycles. The normalized spacial score (nSPS) is 27.6. The fourth-order valence-corrected chi connectivity index (χ4v) is 3.91. The van der Waals surface area contributed by atoms with Crippen molar-refractivity contribution in [1.29, 1.82) is 0 Å². The van der Waals surface area contributed by atoms with Crippen molar-refractivity contribution >= 4 is 18.9 Å². The molecule has 1 amide bonds. The van der Waals surface area contributed by atoms with Gasteiger partial charge in [-0.15, -0.1) is 0 Å². The number of hydrogen-bond donors (Lipinski definition) is 3. The first kappa shape index (κ1) is 24.3. The molecule has 3 N–H and O–H groups in total. The molecule has 3 rings (SSSR count). The Morgan fingerprint density at radius 1 is 1.04 bits per heavy atom. The minimum absolute atomic E-state index is 0.0720. The highest BCUT2D eigenvalue weighted by molar-refractivity contribution is 5.83. The quantitative estimate of drug-likeness (QED) is 0.498. The number of morpholine rings is 1. The number of piperidine rings is 1. The third-order valence-electron chi connectivity index (χ3n) is 5.67. The van der Waals surface area contributed by atoms with Gasteiger partial charge in [0.15, 0.2) is 0 Å². The molecule has 10 heteroatoms. The summed E-state index contributed by atoms with van der Waals surface area (Å²) in [6, 6.07) is 0.0720. The Kier molecular flexibility index (Phi) is 10.4. The van der Waals surface area contributed by atoms with Gasteiger partial charge in [-0.05, 0) is 33.0 Å². The Balaban J connectivity index is 0.000000582. The molecule has 3 saturated heterocycles. The number of aliphatic hydroxyl groups excluding tert-OH is 1. The number of nitrogens with zero attached hydrogens (tertiary/aromatic N) is 3. The van der Waals surface area contributed by atoms with Crippen LogP contribution in [0.25, 0.3) is 0 Å². The predicted molar refractivity (Wildman–Crippen MR) is 101 cm³/mol. The number of likely N-dealkylation sites (tertiary alicyclic amines) is 2. The highest BCUT2D eigenvalue weighted by Crippen LogP contribution is 2.34. The summed E-state index contributed by atoms with van der Waals surface area (Å²) in [5.41, 5.74) is -0.258. The van der Waals surface area contributed by atoms with Gasteiger partial charge < -0.3 is 29.9 Å². The number of aliphatic hydroxyl groups is 1. The van der Waals surface area contributed by atoms with Crippen LogP contribution in [0.2, 0.25) is 0 Å². The third kappa shape index (κ3) is 6.69. The van der Waals surface area contributed by atoms with Crippen LogP contribution in [0, 0.1) is 5.41 Å². The van der Waals surface area contributed by atoms with E-state index >= 15 is 0 Å². The second-order valence-corrected chi connectivity index (χ2v) is 7.57. The van der Waals surface area contributed by atoms with Gasteiger partial charge in [0.1, 0.15) is 0 Å². The molecule has 3 aliphatic rings. The molecule has 0 aliphatic carbocycles. The summed E-state index contributed by atoms with van der Waals surface area (Å²) in [6.07, 6.45) is 1.39. The van der Waals surface area contributed by atoms with Crippen molar-refractivity contribution in [2.45, 2.75) is 31.9 Å².